The van der Waals surface area contributed by atoms with Crippen molar-refractivity contribution in [2.45, 2.75) is 37.8 Å². The van der Waals surface area contributed by atoms with Crippen LogP contribution in [0.1, 0.15) is 25.7 Å². The first-order chi connectivity index (χ1) is 8.23. The first kappa shape index (κ1) is 12.6. The third kappa shape index (κ3) is 3.07. The number of hydrogen-bond donors (Lipinski definition) is 1. The van der Waals surface area contributed by atoms with Crippen LogP contribution in [0.2, 0.25) is 0 Å². The molecule has 0 unspecified atom stereocenters. The minimum atomic E-state index is 0.439. The first-order valence-corrected chi connectivity index (χ1v) is 6.57. The third-order valence-electron chi connectivity index (χ3n) is 4.02. The maximum absolute atomic E-state index is 4.04. The van der Waals surface area contributed by atoms with Gasteiger partial charge in [0.15, 0.2) is 0 Å². The molecule has 17 heavy (non-hydrogen) atoms. The summed E-state index contributed by atoms with van der Waals surface area (Å²) >= 11 is 0. The van der Waals surface area contributed by atoms with Gasteiger partial charge in [-0.1, -0.05) is 0 Å². The smallest absolute Gasteiger partial charge is 0.0945 e. The summed E-state index contributed by atoms with van der Waals surface area (Å²) in [4.78, 5) is 6.43. The summed E-state index contributed by atoms with van der Waals surface area (Å²) in [6.45, 7) is 3.28. The van der Waals surface area contributed by atoms with E-state index in [-0.39, 0.29) is 0 Å². The van der Waals surface area contributed by atoms with Crippen molar-refractivity contribution in [3.63, 3.8) is 0 Å². The Morgan fingerprint density at radius 3 is 2.76 bits per heavy atom. The molecule has 1 aromatic rings. The fourth-order valence-electron chi connectivity index (χ4n) is 2.49. The van der Waals surface area contributed by atoms with Crippen LogP contribution in [-0.4, -0.2) is 47.2 Å². The van der Waals surface area contributed by atoms with Gasteiger partial charge >= 0.3 is 0 Å². The number of likely N-dealkylation sites (N-methyl/N-ethyl adjacent to an activating group) is 1. The van der Waals surface area contributed by atoms with E-state index in [9.17, 15) is 0 Å². The lowest BCUT2D eigenvalue weighted by molar-refractivity contribution is 0.0602. The molecule has 0 saturated heterocycles. The van der Waals surface area contributed by atoms with Gasteiger partial charge in [-0.25, -0.2) is 4.98 Å². The van der Waals surface area contributed by atoms with Gasteiger partial charge in [0.25, 0.3) is 0 Å². The summed E-state index contributed by atoms with van der Waals surface area (Å²) in [6.07, 6.45) is 11.0. The molecule has 1 aliphatic rings. The molecule has 4 heteroatoms. The molecule has 1 aliphatic carbocycles. The maximum atomic E-state index is 4.04. The summed E-state index contributed by atoms with van der Waals surface area (Å²) in [5.41, 5.74) is 0.439. The molecule has 1 saturated carbocycles. The van der Waals surface area contributed by atoms with Crippen LogP contribution in [0.5, 0.6) is 0 Å². The van der Waals surface area contributed by atoms with Crippen LogP contribution < -0.4 is 5.32 Å². The molecular weight excluding hydrogens is 212 g/mol. The fraction of sp³-hybridized carbons (Fsp3) is 0.769. The molecule has 1 heterocycles. The number of nitrogens with zero attached hydrogens (tertiary/aromatic N) is 3. The van der Waals surface area contributed by atoms with Gasteiger partial charge in [-0.2, -0.15) is 0 Å². The predicted molar refractivity (Wildman–Crippen MR) is 70.0 cm³/mol. The van der Waals surface area contributed by atoms with Crippen LogP contribution in [0.4, 0.5) is 0 Å². The molecule has 1 fully saturated rings. The Bertz CT molecular complexity index is 314. The Balaban J connectivity index is 1.60. The molecule has 1 aromatic heterocycles. The quantitative estimate of drug-likeness (QED) is 0.725. The molecule has 1 N–H and O–H groups in total. The second-order valence-electron chi connectivity index (χ2n) is 5.30. The average molecular weight is 236 g/mol. The Hall–Kier alpha value is -0.870. The highest BCUT2D eigenvalue weighted by Gasteiger charge is 2.38. The third-order valence-corrected chi connectivity index (χ3v) is 4.02. The van der Waals surface area contributed by atoms with E-state index in [1.165, 1.54) is 25.7 Å². The summed E-state index contributed by atoms with van der Waals surface area (Å²) in [6, 6.07) is 0. The van der Waals surface area contributed by atoms with Crippen LogP contribution in [0.15, 0.2) is 18.7 Å². The van der Waals surface area contributed by atoms with Gasteiger partial charge < -0.3 is 14.8 Å². The van der Waals surface area contributed by atoms with Crippen molar-refractivity contribution in [2.24, 2.45) is 0 Å². The second-order valence-corrected chi connectivity index (χ2v) is 5.30. The van der Waals surface area contributed by atoms with E-state index in [2.05, 4.69) is 33.9 Å². The predicted octanol–water partition coefficient (Wildman–Crippen LogP) is 1.35. The highest BCUT2D eigenvalue weighted by molar-refractivity contribution is 4.97. The number of rotatable bonds is 7. The second kappa shape index (κ2) is 5.65. The van der Waals surface area contributed by atoms with Gasteiger partial charge in [-0.05, 0) is 46.3 Å². The van der Waals surface area contributed by atoms with Crippen LogP contribution in [0.3, 0.4) is 0 Å². The first-order valence-electron chi connectivity index (χ1n) is 6.57. The number of aryl methyl sites for hydroxylation is 1. The molecule has 0 spiro atoms. The van der Waals surface area contributed by atoms with Gasteiger partial charge in [0, 0.05) is 31.0 Å². The molecule has 0 aliphatic heterocycles. The highest BCUT2D eigenvalue weighted by atomic mass is 15.2. The zero-order chi connectivity index (χ0) is 12.1. The van der Waals surface area contributed by atoms with Gasteiger partial charge in [-0.15, -0.1) is 0 Å². The lowest BCUT2D eigenvalue weighted by atomic mass is 9.75. The highest BCUT2D eigenvalue weighted by Crippen LogP contribution is 2.35. The Morgan fingerprint density at radius 2 is 2.24 bits per heavy atom. The Morgan fingerprint density at radius 1 is 1.41 bits per heavy atom. The summed E-state index contributed by atoms with van der Waals surface area (Å²) in [5.74, 6) is 0. The lowest BCUT2D eigenvalue weighted by Crippen LogP contribution is -2.56. The molecule has 0 radical (unpaired) electrons. The number of hydrogen-bond acceptors (Lipinski definition) is 3. The monoisotopic (exact) mass is 236 g/mol. The topological polar surface area (TPSA) is 33.1 Å². The SMILES string of the molecule is CN(C)C1(CNCCCn2ccnc2)CCC1. The van der Waals surface area contributed by atoms with Crippen molar-refractivity contribution in [3.8, 4) is 0 Å². The normalized spacial score (nSPS) is 18.3. The zero-order valence-electron chi connectivity index (χ0n) is 11.0. The van der Waals surface area contributed by atoms with Crippen LogP contribution in [-0.2, 0) is 6.54 Å². The van der Waals surface area contributed by atoms with Gasteiger partial charge in [0.2, 0.25) is 0 Å². The largest absolute Gasteiger partial charge is 0.337 e. The molecule has 96 valence electrons. The molecule has 0 aromatic carbocycles. The Labute approximate surface area is 104 Å². The minimum Gasteiger partial charge on any atom is -0.337 e. The van der Waals surface area contributed by atoms with Crippen molar-refractivity contribution >= 4 is 0 Å². The fourth-order valence-corrected chi connectivity index (χ4v) is 2.49. The van der Waals surface area contributed by atoms with Crippen molar-refractivity contribution in [2.75, 3.05) is 27.2 Å². The molecule has 0 atom stereocenters. The van der Waals surface area contributed by atoms with E-state index in [1.807, 2.05) is 18.7 Å². The van der Waals surface area contributed by atoms with Crippen molar-refractivity contribution in [1.29, 1.82) is 0 Å². The van der Waals surface area contributed by atoms with Crippen LogP contribution in [0, 0.1) is 0 Å². The van der Waals surface area contributed by atoms with Crippen molar-refractivity contribution in [1.82, 2.24) is 19.8 Å². The van der Waals surface area contributed by atoms with E-state index in [0.29, 0.717) is 5.54 Å². The van der Waals surface area contributed by atoms with E-state index >= 15 is 0 Å². The molecule has 0 bridgehead atoms. The van der Waals surface area contributed by atoms with Crippen molar-refractivity contribution < 1.29 is 0 Å². The van der Waals surface area contributed by atoms with Gasteiger partial charge in [0.1, 0.15) is 0 Å². The average Bonchev–Trinajstić information content (AvgIpc) is 2.73. The lowest BCUT2D eigenvalue weighted by Gasteiger charge is -2.47. The number of nitrogens with one attached hydrogen (secondary N) is 1. The molecule has 4 nitrogen and oxygen atoms in total. The standard InChI is InChI=1S/C13H24N4/c1-16(2)13(5-3-6-13)11-14-7-4-9-17-10-8-15-12-17/h8,10,12,14H,3-7,9,11H2,1-2H3. The van der Waals surface area contributed by atoms with E-state index in [1.54, 1.807) is 0 Å². The van der Waals surface area contributed by atoms with E-state index in [0.717, 1.165) is 19.6 Å². The summed E-state index contributed by atoms with van der Waals surface area (Å²) < 4.78 is 2.13. The van der Waals surface area contributed by atoms with Gasteiger partial charge in [-0.3, -0.25) is 0 Å². The number of imidazole rings is 1. The minimum absolute atomic E-state index is 0.439. The van der Waals surface area contributed by atoms with E-state index in [4.69, 9.17) is 0 Å². The van der Waals surface area contributed by atoms with Crippen LogP contribution in [0.25, 0.3) is 0 Å². The van der Waals surface area contributed by atoms with Crippen LogP contribution >= 0.6 is 0 Å². The van der Waals surface area contributed by atoms with E-state index < -0.39 is 0 Å². The maximum Gasteiger partial charge on any atom is 0.0945 e. The molecule has 0 amide bonds. The van der Waals surface area contributed by atoms with Gasteiger partial charge in [0.05, 0.1) is 6.33 Å². The zero-order valence-corrected chi connectivity index (χ0v) is 11.0. The number of aromatic nitrogens is 2. The van der Waals surface area contributed by atoms with Crippen molar-refractivity contribution in [3.05, 3.63) is 18.7 Å². The molecule has 2 rings (SSSR count). The summed E-state index contributed by atoms with van der Waals surface area (Å²) in [7, 11) is 4.40. The Kier molecular flexibility index (Phi) is 4.18. The summed E-state index contributed by atoms with van der Waals surface area (Å²) in [5, 5.41) is 3.60. The molecular formula is C13H24N4.